The molecule has 5 heteroatoms. The number of thioether (sulfide) groups is 1. The van der Waals surface area contributed by atoms with Crippen molar-refractivity contribution in [3.63, 3.8) is 0 Å². The lowest BCUT2D eigenvalue weighted by Gasteiger charge is -2.11. The zero-order chi connectivity index (χ0) is 18.7. The molecule has 1 heterocycles. The van der Waals surface area contributed by atoms with E-state index in [1.54, 1.807) is 30.8 Å². The molecule has 0 fully saturated rings. The van der Waals surface area contributed by atoms with Crippen LogP contribution in [0, 0.1) is 13.8 Å². The molecule has 2 aromatic carbocycles. The molecule has 0 aliphatic carbocycles. The molecule has 0 aliphatic rings. The molecule has 26 heavy (non-hydrogen) atoms. The van der Waals surface area contributed by atoms with Gasteiger partial charge in [-0.25, -0.2) is 4.98 Å². The number of carbonyl (C=O) groups excluding carboxylic acids is 1. The number of benzene rings is 2. The third-order valence-electron chi connectivity index (χ3n) is 4.07. The first-order valence-corrected chi connectivity index (χ1v) is 9.48. The first-order valence-electron chi connectivity index (χ1n) is 8.49. The summed E-state index contributed by atoms with van der Waals surface area (Å²) in [6.07, 6.45) is 3.83. The number of hydrogen-bond donors (Lipinski definition) is 0. The number of imidazole rings is 1. The SMILES string of the molecule is Cc1cc(C)cc(-n2ccnc2SCc2ccc(C(=O)N(C)C)cc2)c1. The third kappa shape index (κ3) is 4.17. The second-order valence-corrected chi connectivity index (χ2v) is 7.55. The molecule has 0 unspecified atom stereocenters. The smallest absolute Gasteiger partial charge is 0.253 e. The van der Waals surface area contributed by atoms with E-state index in [0.29, 0.717) is 5.56 Å². The molecular weight excluding hydrogens is 342 g/mol. The van der Waals surface area contributed by atoms with Gasteiger partial charge in [0.25, 0.3) is 5.91 Å². The summed E-state index contributed by atoms with van der Waals surface area (Å²) < 4.78 is 2.12. The van der Waals surface area contributed by atoms with E-state index in [-0.39, 0.29) is 5.91 Å². The Labute approximate surface area is 158 Å². The lowest BCUT2D eigenvalue weighted by atomic mass is 10.1. The van der Waals surface area contributed by atoms with Gasteiger partial charge in [0.05, 0.1) is 0 Å². The Morgan fingerprint density at radius 3 is 2.35 bits per heavy atom. The van der Waals surface area contributed by atoms with Gasteiger partial charge >= 0.3 is 0 Å². The van der Waals surface area contributed by atoms with Crippen molar-refractivity contribution in [3.05, 3.63) is 77.1 Å². The van der Waals surface area contributed by atoms with E-state index in [1.807, 2.05) is 36.7 Å². The Morgan fingerprint density at radius 2 is 1.73 bits per heavy atom. The van der Waals surface area contributed by atoms with Crippen LogP contribution in [0.2, 0.25) is 0 Å². The molecule has 0 N–H and O–H groups in total. The number of amides is 1. The molecular formula is C21H23N3OS. The number of aryl methyl sites for hydroxylation is 2. The zero-order valence-corrected chi connectivity index (χ0v) is 16.4. The van der Waals surface area contributed by atoms with E-state index in [2.05, 4.69) is 41.6 Å². The van der Waals surface area contributed by atoms with Gasteiger partial charge in [0, 0.05) is 43.5 Å². The Balaban J connectivity index is 1.73. The van der Waals surface area contributed by atoms with Crippen molar-refractivity contribution in [2.45, 2.75) is 24.8 Å². The average molecular weight is 366 g/mol. The van der Waals surface area contributed by atoms with E-state index >= 15 is 0 Å². The number of carbonyl (C=O) groups is 1. The maximum Gasteiger partial charge on any atom is 0.253 e. The molecule has 3 rings (SSSR count). The van der Waals surface area contributed by atoms with Crippen molar-refractivity contribution in [2.75, 3.05) is 14.1 Å². The van der Waals surface area contributed by atoms with E-state index in [0.717, 1.165) is 16.6 Å². The van der Waals surface area contributed by atoms with Gasteiger partial charge in [-0.3, -0.25) is 9.36 Å². The van der Waals surface area contributed by atoms with Crippen molar-refractivity contribution in [1.29, 1.82) is 0 Å². The fraction of sp³-hybridized carbons (Fsp3) is 0.238. The molecule has 0 aliphatic heterocycles. The van der Waals surface area contributed by atoms with Crippen molar-refractivity contribution in [2.24, 2.45) is 0 Å². The fourth-order valence-corrected chi connectivity index (χ4v) is 3.76. The lowest BCUT2D eigenvalue weighted by Crippen LogP contribution is -2.21. The van der Waals surface area contributed by atoms with Crippen LogP contribution in [0.3, 0.4) is 0 Å². The van der Waals surface area contributed by atoms with Crippen LogP contribution in [0.4, 0.5) is 0 Å². The first-order chi connectivity index (χ1) is 12.4. The van der Waals surface area contributed by atoms with Crippen molar-refractivity contribution >= 4 is 17.7 Å². The quantitative estimate of drug-likeness (QED) is 0.626. The van der Waals surface area contributed by atoms with E-state index in [9.17, 15) is 4.79 Å². The summed E-state index contributed by atoms with van der Waals surface area (Å²) in [5.74, 6) is 0.827. The van der Waals surface area contributed by atoms with Gasteiger partial charge in [-0.2, -0.15) is 0 Å². The Bertz CT molecular complexity index is 893. The Hall–Kier alpha value is -2.53. The van der Waals surface area contributed by atoms with Crippen LogP contribution in [-0.4, -0.2) is 34.5 Å². The van der Waals surface area contributed by atoms with Gasteiger partial charge in [-0.1, -0.05) is 30.0 Å². The number of aromatic nitrogens is 2. The van der Waals surface area contributed by atoms with Gasteiger partial charge < -0.3 is 4.90 Å². The Kier molecular flexibility index (Phi) is 5.47. The topological polar surface area (TPSA) is 38.1 Å². The van der Waals surface area contributed by atoms with Gasteiger partial charge in [-0.05, 0) is 54.8 Å². The molecule has 4 nitrogen and oxygen atoms in total. The van der Waals surface area contributed by atoms with Gasteiger partial charge in [0.15, 0.2) is 5.16 Å². The average Bonchev–Trinajstić information content (AvgIpc) is 3.07. The minimum Gasteiger partial charge on any atom is -0.345 e. The van der Waals surface area contributed by atoms with Crippen LogP contribution in [0.1, 0.15) is 27.0 Å². The van der Waals surface area contributed by atoms with Crippen LogP contribution in [0.25, 0.3) is 5.69 Å². The third-order valence-corrected chi connectivity index (χ3v) is 5.10. The van der Waals surface area contributed by atoms with Gasteiger partial charge in [0.1, 0.15) is 0 Å². The normalized spacial score (nSPS) is 10.8. The number of nitrogens with zero attached hydrogens (tertiary/aromatic N) is 3. The largest absolute Gasteiger partial charge is 0.345 e. The maximum atomic E-state index is 12.0. The van der Waals surface area contributed by atoms with Gasteiger partial charge in [0.2, 0.25) is 0 Å². The molecule has 0 radical (unpaired) electrons. The summed E-state index contributed by atoms with van der Waals surface area (Å²) in [6.45, 7) is 4.22. The molecule has 1 aromatic heterocycles. The van der Waals surface area contributed by atoms with E-state index in [1.165, 1.54) is 16.7 Å². The zero-order valence-electron chi connectivity index (χ0n) is 15.6. The number of rotatable bonds is 5. The Morgan fingerprint density at radius 1 is 1.08 bits per heavy atom. The summed E-state index contributed by atoms with van der Waals surface area (Å²) in [7, 11) is 3.53. The second kappa shape index (κ2) is 7.79. The highest BCUT2D eigenvalue weighted by Gasteiger charge is 2.09. The summed E-state index contributed by atoms with van der Waals surface area (Å²) in [6, 6.07) is 14.3. The van der Waals surface area contributed by atoms with Crippen LogP contribution in [0.15, 0.2) is 60.0 Å². The predicted octanol–water partition coefficient (Wildman–Crippen LogP) is 4.48. The molecule has 0 spiro atoms. The lowest BCUT2D eigenvalue weighted by molar-refractivity contribution is 0.0827. The van der Waals surface area contributed by atoms with Crippen molar-refractivity contribution in [1.82, 2.24) is 14.5 Å². The van der Waals surface area contributed by atoms with Crippen LogP contribution in [-0.2, 0) is 5.75 Å². The fourth-order valence-electron chi connectivity index (χ4n) is 2.83. The van der Waals surface area contributed by atoms with E-state index < -0.39 is 0 Å². The highest BCUT2D eigenvalue weighted by molar-refractivity contribution is 7.98. The highest BCUT2D eigenvalue weighted by Crippen LogP contribution is 2.25. The van der Waals surface area contributed by atoms with Crippen molar-refractivity contribution in [3.8, 4) is 5.69 Å². The number of hydrogen-bond acceptors (Lipinski definition) is 3. The summed E-state index contributed by atoms with van der Waals surface area (Å²) in [5.41, 5.74) is 5.49. The molecule has 0 saturated heterocycles. The van der Waals surface area contributed by atoms with E-state index in [4.69, 9.17) is 0 Å². The summed E-state index contributed by atoms with van der Waals surface area (Å²) >= 11 is 1.69. The minimum atomic E-state index is 0.0227. The van der Waals surface area contributed by atoms with Gasteiger partial charge in [-0.15, -0.1) is 0 Å². The molecule has 0 saturated carbocycles. The second-order valence-electron chi connectivity index (χ2n) is 6.61. The molecule has 134 valence electrons. The van der Waals surface area contributed by atoms with Crippen LogP contribution < -0.4 is 0 Å². The molecule has 3 aromatic rings. The molecule has 0 atom stereocenters. The van der Waals surface area contributed by atoms with Crippen LogP contribution in [0.5, 0.6) is 0 Å². The first kappa shape index (κ1) is 18.3. The highest BCUT2D eigenvalue weighted by atomic mass is 32.2. The van der Waals surface area contributed by atoms with Crippen LogP contribution >= 0.6 is 11.8 Å². The summed E-state index contributed by atoms with van der Waals surface area (Å²) in [4.78, 5) is 18.1. The minimum absolute atomic E-state index is 0.0227. The summed E-state index contributed by atoms with van der Waals surface area (Å²) in [5, 5.41) is 0.962. The molecule has 0 bridgehead atoms. The monoisotopic (exact) mass is 365 g/mol. The molecule has 1 amide bonds. The standard InChI is InChI=1S/C21H23N3OS/c1-15-11-16(2)13-19(12-15)24-10-9-22-21(24)26-14-17-5-7-18(8-6-17)20(25)23(3)4/h5-13H,14H2,1-4H3. The van der Waals surface area contributed by atoms with Crippen molar-refractivity contribution < 1.29 is 4.79 Å². The maximum absolute atomic E-state index is 12.0. The predicted molar refractivity (Wildman–Crippen MR) is 107 cm³/mol.